The molecule has 2 rings (SSSR count). The SMILES string of the molecule is CCNCCc1c(C)[nH]c2ccc(OC)cc12. The first-order valence-corrected chi connectivity index (χ1v) is 6.12. The smallest absolute Gasteiger partial charge is 0.119 e. The van der Waals surface area contributed by atoms with Gasteiger partial charge in [-0.15, -0.1) is 0 Å². The molecule has 0 amide bonds. The fraction of sp³-hybridized carbons (Fsp3) is 0.429. The van der Waals surface area contributed by atoms with E-state index in [-0.39, 0.29) is 0 Å². The molecule has 0 aliphatic heterocycles. The number of aromatic amines is 1. The van der Waals surface area contributed by atoms with Crippen LogP contribution < -0.4 is 10.1 Å². The average molecular weight is 232 g/mol. The number of aryl methyl sites for hydroxylation is 1. The minimum Gasteiger partial charge on any atom is -0.497 e. The molecule has 0 radical (unpaired) electrons. The van der Waals surface area contributed by atoms with E-state index in [1.54, 1.807) is 7.11 Å². The summed E-state index contributed by atoms with van der Waals surface area (Å²) in [4.78, 5) is 3.42. The molecule has 0 atom stereocenters. The molecular formula is C14H20N2O. The van der Waals surface area contributed by atoms with Gasteiger partial charge in [0.25, 0.3) is 0 Å². The van der Waals surface area contributed by atoms with Crippen molar-refractivity contribution in [1.82, 2.24) is 10.3 Å². The Hall–Kier alpha value is -1.48. The molecule has 0 bridgehead atoms. The lowest BCUT2D eigenvalue weighted by Crippen LogP contribution is -2.16. The van der Waals surface area contributed by atoms with Crippen LogP contribution in [0, 0.1) is 6.92 Å². The highest BCUT2D eigenvalue weighted by Crippen LogP contribution is 2.26. The molecule has 3 nitrogen and oxygen atoms in total. The number of ether oxygens (including phenoxy) is 1. The van der Waals surface area contributed by atoms with Crippen molar-refractivity contribution in [2.24, 2.45) is 0 Å². The van der Waals surface area contributed by atoms with Gasteiger partial charge in [0.15, 0.2) is 0 Å². The van der Waals surface area contributed by atoms with E-state index in [1.165, 1.54) is 22.2 Å². The largest absolute Gasteiger partial charge is 0.497 e. The standard InChI is InChI=1S/C14H20N2O/c1-4-15-8-7-12-10(2)16-14-6-5-11(17-3)9-13(12)14/h5-6,9,15-16H,4,7-8H2,1-3H3. The Balaban J connectivity index is 2.34. The number of H-pyrrole nitrogens is 1. The first-order chi connectivity index (χ1) is 8.26. The van der Waals surface area contributed by atoms with Crippen LogP contribution in [-0.4, -0.2) is 25.2 Å². The van der Waals surface area contributed by atoms with Crippen LogP contribution in [0.5, 0.6) is 5.75 Å². The van der Waals surface area contributed by atoms with Crippen LogP contribution in [0.15, 0.2) is 18.2 Å². The Morgan fingerprint density at radius 3 is 2.88 bits per heavy atom. The lowest BCUT2D eigenvalue weighted by Gasteiger charge is -2.04. The summed E-state index contributed by atoms with van der Waals surface area (Å²) in [6.07, 6.45) is 1.05. The normalized spacial score (nSPS) is 11.0. The monoisotopic (exact) mass is 232 g/mol. The lowest BCUT2D eigenvalue weighted by atomic mass is 10.1. The molecule has 1 aromatic carbocycles. The summed E-state index contributed by atoms with van der Waals surface area (Å²) in [5, 5.41) is 4.64. The number of rotatable bonds is 5. The maximum atomic E-state index is 5.28. The van der Waals surface area contributed by atoms with E-state index in [0.29, 0.717) is 0 Å². The van der Waals surface area contributed by atoms with E-state index < -0.39 is 0 Å². The highest BCUT2D eigenvalue weighted by molar-refractivity contribution is 5.86. The highest BCUT2D eigenvalue weighted by Gasteiger charge is 2.08. The Bertz CT molecular complexity index is 502. The predicted molar refractivity (Wildman–Crippen MR) is 71.8 cm³/mol. The summed E-state index contributed by atoms with van der Waals surface area (Å²) in [5.41, 5.74) is 3.83. The van der Waals surface area contributed by atoms with Crippen molar-refractivity contribution in [3.8, 4) is 5.75 Å². The van der Waals surface area contributed by atoms with Gasteiger partial charge in [0.1, 0.15) is 5.75 Å². The number of nitrogens with one attached hydrogen (secondary N) is 2. The molecule has 0 aliphatic carbocycles. The summed E-state index contributed by atoms with van der Waals surface area (Å²) in [5.74, 6) is 0.918. The maximum Gasteiger partial charge on any atom is 0.119 e. The number of aromatic nitrogens is 1. The van der Waals surface area contributed by atoms with E-state index in [1.807, 2.05) is 6.07 Å². The first-order valence-electron chi connectivity index (χ1n) is 6.12. The predicted octanol–water partition coefficient (Wildman–Crippen LogP) is 2.64. The highest BCUT2D eigenvalue weighted by atomic mass is 16.5. The van der Waals surface area contributed by atoms with Crippen LogP contribution in [-0.2, 0) is 6.42 Å². The van der Waals surface area contributed by atoms with Crippen molar-refractivity contribution >= 4 is 10.9 Å². The third-order valence-corrected chi connectivity index (χ3v) is 3.13. The fourth-order valence-electron chi connectivity index (χ4n) is 2.20. The van der Waals surface area contributed by atoms with E-state index in [0.717, 1.165) is 25.3 Å². The molecule has 0 unspecified atom stereocenters. The van der Waals surface area contributed by atoms with Crippen LogP contribution in [0.25, 0.3) is 10.9 Å². The van der Waals surface area contributed by atoms with Crippen LogP contribution >= 0.6 is 0 Å². The van der Waals surface area contributed by atoms with Crippen molar-refractivity contribution < 1.29 is 4.74 Å². The van der Waals surface area contributed by atoms with E-state index in [9.17, 15) is 0 Å². The van der Waals surface area contributed by atoms with Crippen molar-refractivity contribution in [3.63, 3.8) is 0 Å². The van der Waals surface area contributed by atoms with Gasteiger partial charge in [-0.2, -0.15) is 0 Å². The zero-order valence-electron chi connectivity index (χ0n) is 10.8. The topological polar surface area (TPSA) is 37.0 Å². The number of fused-ring (bicyclic) bond motifs is 1. The second-order valence-corrected chi connectivity index (χ2v) is 4.24. The molecule has 0 saturated heterocycles. The third-order valence-electron chi connectivity index (χ3n) is 3.13. The average Bonchev–Trinajstić information content (AvgIpc) is 2.65. The van der Waals surface area contributed by atoms with Crippen LogP contribution in [0.3, 0.4) is 0 Å². The molecule has 2 aromatic rings. The molecule has 0 fully saturated rings. The summed E-state index contributed by atoms with van der Waals surface area (Å²) >= 11 is 0. The zero-order valence-corrected chi connectivity index (χ0v) is 10.8. The molecule has 1 heterocycles. The van der Waals surface area contributed by atoms with Gasteiger partial charge in [0.2, 0.25) is 0 Å². The fourth-order valence-corrected chi connectivity index (χ4v) is 2.20. The molecule has 17 heavy (non-hydrogen) atoms. The number of methoxy groups -OCH3 is 1. The van der Waals surface area contributed by atoms with Crippen molar-refractivity contribution in [1.29, 1.82) is 0 Å². The maximum absolute atomic E-state index is 5.28. The molecule has 0 spiro atoms. The van der Waals surface area contributed by atoms with E-state index in [4.69, 9.17) is 4.74 Å². The number of hydrogen-bond donors (Lipinski definition) is 2. The van der Waals surface area contributed by atoms with Crippen molar-refractivity contribution in [3.05, 3.63) is 29.5 Å². The second-order valence-electron chi connectivity index (χ2n) is 4.24. The Labute approximate surface area is 102 Å². The minimum atomic E-state index is 0.918. The summed E-state index contributed by atoms with van der Waals surface area (Å²) in [6, 6.07) is 6.18. The van der Waals surface area contributed by atoms with Crippen LogP contribution in [0.2, 0.25) is 0 Å². The number of likely N-dealkylation sites (N-methyl/N-ethyl adjacent to an activating group) is 1. The van der Waals surface area contributed by atoms with E-state index in [2.05, 4.69) is 36.3 Å². The van der Waals surface area contributed by atoms with Gasteiger partial charge < -0.3 is 15.0 Å². The van der Waals surface area contributed by atoms with Gasteiger partial charge >= 0.3 is 0 Å². The molecular weight excluding hydrogens is 212 g/mol. The number of hydrogen-bond acceptors (Lipinski definition) is 2. The lowest BCUT2D eigenvalue weighted by molar-refractivity contribution is 0.415. The molecule has 0 aliphatic rings. The summed E-state index contributed by atoms with van der Waals surface area (Å²) in [6.45, 7) is 6.30. The van der Waals surface area contributed by atoms with Gasteiger partial charge in [-0.1, -0.05) is 6.92 Å². The van der Waals surface area contributed by atoms with Crippen LogP contribution in [0.1, 0.15) is 18.2 Å². The molecule has 1 aromatic heterocycles. The Kier molecular flexibility index (Phi) is 3.69. The summed E-state index contributed by atoms with van der Waals surface area (Å²) in [7, 11) is 1.71. The van der Waals surface area contributed by atoms with Gasteiger partial charge in [-0.3, -0.25) is 0 Å². The zero-order chi connectivity index (χ0) is 12.3. The molecule has 2 N–H and O–H groups in total. The molecule has 92 valence electrons. The summed E-state index contributed by atoms with van der Waals surface area (Å²) < 4.78 is 5.28. The molecule has 3 heteroatoms. The Morgan fingerprint density at radius 1 is 1.35 bits per heavy atom. The van der Waals surface area contributed by atoms with E-state index >= 15 is 0 Å². The second kappa shape index (κ2) is 5.23. The van der Waals surface area contributed by atoms with Crippen LogP contribution in [0.4, 0.5) is 0 Å². The van der Waals surface area contributed by atoms with Gasteiger partial charge in [0, 0.05) is 16.6 Å². The van der Waals surface area contributed by atoms with Crippen molar-refractivity contribution in [2.75, 3.05) is 20.2 Å². The van der Waals surface area contributed by atoms with Gasteiger partial charge in [-0.25, -0.2) is 0 Å². The minimum absolute atomic E-state index is 0.918. The Morgan fingerprint density at radius 2 is 2.18 bits per heavy atom. The third kappa shape index (κ3) is 2.44. The van der Waals surface area contributed by atoms with Gasteiger partial charge in [0.05, 0.1) is 7.11 Å². The molecule has 0 saturated carbocycles. The number of benzene rings is 1. The van der Waals surface area contributed by atoms with Crippen molar-refractivity contribution in [2.45, 2.75) is 20.3 Å². The van der Waals surface area contributed by atoms with Gasteiger partial charge in [-0.05, 0) is 50.2 Å². The first kappa shape index (κ1) is 12.0. The quantitative estimate of drug-likeness (QED) is 0.778.